The van der Waals surface area contributed by atoms with Crippen LogP contribution in [-0.2, 0) is 4.74 Å². The zero-order valence-electron chi connectivity index (χ0n) is 10.1. The number of halogens is 1. The van der Waals surface area contributed by atoms with Crippen LogP contribution in [0.4, 0.5) is 5.69 Å². The molecule has 1 aromatic carbocycles. The van der Waals surface area contributed by atoms with Gasteiger partial charge in [-0.15, -0.1) is 0 Å². The maximum atomic E-state index is 6.10. The van der Waals surface area contributed by atoms with Gasteiger partial charge in [-0.05, 0) is 40.9 Å². The lowest BCUT2D eigenvalue weighted by atomic mass is 9.88. The molecule has 0 atom stereocenters. The van der Waals surface area contributed by atoms with E-state index >= 15 is 0 Å². The lowest BCUT2D eigenvalue weighted by Crippen LogP contribution is -2.55. The monoisotopic (exact) mass is 309 g/mol. The van der Waals surface area contributed by atoms with Crippen molar-refractivity contribution >= 4 is 27.6 Å². The van der Waals surface area contributed by atoms with Crippen LogP contribution < -0.4 is 10.6 Å². The fraction of sp³-hybridized carbons (Fsp3) is 0.462. The lowest BCUT2D eigenvalue weighted by Gasteiger charge is -2.42. The first kappa shape index (κ1) is 12.0. The normalized spacial score (nSPS) is 22.3. The number of benzene rings is 1. The van der Waals surface area contributed by atoms with E-state index in [1.165, 1.54) is 0 Å². The van der Waals surface area contributed by atoms with Gasteiger partial charge in [0, 0.05) is 17.7 Å². The number of rotatable bonds is 1. The average molecular weight is 310 g/mol. The summed E-state index contributed by atoms with van der Waals surface area (Å²) >= 11 is 3.60. The van der Waals surface area contributed by atoms with Gasteiger partial charge in [0.25, 0.3) is 0 Å². The quantitative estimate of drug-likeness (QED) is 0.864. The third-order valence-corrected chi connectivity index (χ3v) is 4.43. The molecule has 96 valence electrons. The summed E-state index contributed by atoms with van der Waals surface area (Å²) in [4.78, 5) is 6.64. The molecule has 0 unspecified atom stereocenters. The molecule has 2 heterocycles. The Bertz CT molecular complexity index is 483. The van der Waals surface area contributed by atoms with Crippen molar-refractivity contribution in [1.82, 2.24) is 0 Å². The summed E-state index contributed by atoms with van der Waals surface area (Å²) in [6.45, 7) is 2.33. The van der Waals surface area contributed by atoms with Gasteiger partial charge in [0.2, 0.25) is 0 Å². The highest BCUT2D eigenvalue weighted by Crippen LogP contribution is 2.39. The molecule has 18 heavy (non-hydrogen) atoms. The first-order valence-corrected chi connectivity index (χ1v) is 6.95. The molecule has 0 aromatic heterocycles. The summed E-state index contributed by atoms with van der Waals surface area (Å²) in [6, 6.07) is 8.15. The van der Waals surface area contributed by atoms with Crippen molar-refractivity contribution in [2.75, 3.05) is 24.7 Å². The molecule has 2 aliphatic heterocycles. The molecule has 0 radical (unpaired) electrons. The predicted molar refractivity (Wildman–Crippen MR) is 75.9 cm³/mol. The molecule has 2 N–H and O–H groups in total. The third kappa shape index (κ3) is 1.82. The van der Waals surface area contributed by atoms with Gasteiger partial charge in [0.05, 0.1) is 17.8 Å². The predicted octanol–water partition coefficient (Wildman–Crippen LogP) is 2.13. The molecule has 4 nitrogen and oxygen atoms in total. The highest BCUT2D eigenvalue weighted by molar-refractivity contribution is 9.10. The van der Waals surface area contributed by atoms with Crippen LogP contribution in [0.15, 0.2) is 33.7 Å². The van der Waals surface area contributed by atoms with E-state index in [0.717, 1.165) is 42.8 Å². The van der Waals surface area contributed by atoms with Crippen molar-refractivity contribution in [3.05, 3.63) is 28.7 Å². The van der Waals surface area contributed by atoms with E-state index in [9.17, 15) is 0 Å². The van der Waals surface area contributed by atoms with E-state index < -0.39 is 0 Å². The molecule has 1 fully saturated rings. The van der Waals surface area contributed by atoms with E-state index in [2.05, 4.69) is 31.9 Å². The third-order valence-electron chi connectivity index (χ3n) is 3.76. The summed E-state index contributed by atoms with van der Waals surface area (Å²) < 4.78 is 6.53. The van der Waals surface area contributed by atoms with Gasteiger partial charge in [0.1, 0.15) is 0 Å². The standard InChI is InChI=1S/C13H16BrN3O/c14-10-3-1-2-4-11(10)17-12(15)16-9-13(17)5-7-18-8-6-13/h1-4H,5-9H2,(H2,15,16). The molecular weight excluding hydrogens is 294 g/mol. The smallest absolute Gasteiger partial charge is 0.196 e. The topological polar surface area (TPSA) is 50.9 Å². The lowest BCUT2D eigenvalue weighted by molar-refractivity contribution is 0.0594. The van der Waals surface area contributed by atoms with Crippen LogP contribution in [0.25, 0.3) is 0 Å². The van der Waals surface area contributed by atoms with Crippen LogP contribution in [0.3, 0.4) is 0 Å². The number of ether oxygens (including phenoxy) is 1. The highest BCUT2D eigenvalue weighted by atomic mass is 79.9. The molecule has 3 rings (SSSR count). The molecule has 0 bridgehead atoms. The Kier molecular flexibility index (Phi) is 3.03. The van der Waals surface area contributed by atoms with Gasteiger partial charge in [-0.25, -0.2) is 0 Å². The fourth-order valence-electron chi connectivity index (χ4n) is 2.76. The van der Waals surface area contributed by atoms with Gasteiger partial charge < -0.3 is 15.4 Å². The molecule has 1 saturated heterocycles. The van der Waals surface area contributed by atoms with Crippen molar-refractivity contribution in [3.8, 4) is 0 Å². The Morgan fingerprint density at radius 1 is 1.28 bits per heavy atom. The molecule has 0 aliphatic carbocycles. The number of hydrogen-bond acceptors (Lipinski definition) is 4. The SMILES string of the molecule is NC1=NCC2(CCOCC2)N1c1ccccc1Br. The Morgan fingerprint density at radius 2 is 2.00 bits per heavy atom. The summed E-state index contributed by atoms with van der Waals surface area (Å²) in [5.41, 5.74) is 7.20. The number of para-hydroxylation sites is 1. The van der Waals surface area contributed by atoms with Crippen LogP contribution in [0.1, 0.15) is 12.8 Å². The van der Waals surface area contributed by atoms with Gasteiger partial charge in [-0.1, -0.05) is 12.1 Å². The summed E-state index contributed by atoms with van der Waals surface area (Å²) in [6.07, 6.45) is 1.94. The van der Waals surface area contributed by atoms with E-state index in [4.69, 9.17) is 10.5 Å². The van der Waals surface area contributed by atoms with Crippen molar-refractivity contribution in [2.24, 2.45) is 10.7 Å². The largest absolute Gasteiger partial charge is 0.381 e. The van der Waals surface area contributed by atoms with Crippen molar-refractivity contribution in [2.45, 2.75) is 18.4 Å². The summed E-state index contributed by atoms with van der Waals surface area (Å²) in [5.74, 6) is 0.615. The van der Waals surface area contributed by atoms with Gasteiger partial charge in [0.15, 0.2) is 5.96 Å². The molecule has 0 saturated carbocycles. The number of hydrogen-bond donors (Lipinski definition) is 1. The van der Waals surface area contributed by atoms with Crippen LogP contribution in [0.2, 0.25) is 0 Å². The number of nitrogens with two attached hydrogens (primary N) is 1. The molecule has 2 aliphatic rings. The van der Waals surface area contributed by atoms with Crippen LogP contribution in [0.5, 0.6) is 0 Å². The van der Waals surface area contributed by atoms with Crippen molar-refractivity contribution in [3.63, 3.8) is 0 Å². The zero-order valence-corrected chi connectivity index (χ0v) is 11.7. The number of aliphatic imine (C=N–C) groups is 1. The van der Waals surface area contributed by atoms with Crippen LogP contribution in [-0.4, -0.2) is 31.3 Å². The first-order valence-electron chi connectivity index (χ1n) is 6.15. The molecule has 1 spiro atoms. The number of guanidine groups is 1. The molecule has 0 amide bonds. The van der Waals surface area contributed by atoms with Gasteiger partial charge >= 0.3 is 0 Å². The van der Waals surface area contributed by atoms with E-state index in [0.29, 0.717) is 5.96 Å². The highest BCUT2D eigenvalue weighted by Gasteiger charge is 2.44. The Hall–Kier alpha value is -1.07. The first-order chi connectivity index (χ1) is 8.73. The minimum atomic E-state index is 0.00616. The van der Waals surface area contributed by atoms with Crippen LogP contribution in [0, 0.1) is 0 Å². The fourth-order valence-corrected chi connectivity index (χ4v) is 3.22. The second-order valence-electron chi connectivity index (χ2n) is 4.80. The Morgan fingerprint density at radius 3 is 2.72 bits per heavy atom. The van der Waals surface area contributed by atoms with E-state index in [-0.39, 0.29) is 5.54 Å². The van der Waals surface area contributed by atoms with Crippen molar-refractivity contribution < 1.29 is 4.74 Å². The van der Waals surface area contributed by atoms with Crippen LogP contribution >= 0.6 is 15.9 Å². The molecule has 5 heteroatoms. The maximum Gasteiger partial charge on any atom is 0.196 e. The minimum Gasteiger partial charge on any atom is -0.381 e. The van der Waals surface area contributed by atoms with E-state index in [1.807, 2.05) is 18.2 Å². The number of nitrogens with zero attached hydrogens (tertiary/aromatic N) is 2. The maximum absolute atomic E-state index is 6.10. The van der Waals surface area contributed by atoms with Gasteiger partial charge in [-0.3, -0.25) is 4.99 Å². The summed E-state index contributed by atoms with van der Waals surface area (Å²) in [7, 11) is 0. The zero-order chi connectivity index (χ0) is 12.6. The average Bonchev–Trinajstić information content (AvgIpc) is 2.69. The Labute approximate surface area is 115 Å². The Balaban J connectivity index is 2.01. The van der Waals surface area contributed by atoms with Crippen molar-refractivity contribution in [1.29, 1.82) is 0 Å². The minimum absolute atomic E-state index is 0.00616. The molecule has 1 aromatic rings. The van der Waals surface area contributed by atoms with Gasteiger partial charge in [-0.2, -0.15) is 0 Å². The van der Waals surface area contributed by atoms with E-state index in [1.54, 1.807) is 0 Å². The second kappa shape index (κ2) is 4.55. The number of anilines is 1. The summed E-state index contributed by atoms with van der Waals surface area (Å²) in [5, 5.41) is 0. The molecular formula is C13H16BrN3O. The second-order valence-corrected chi connectivity index (χ2v) is 5.65.